The molecule has 0 radical (unpaired) electrons. The topological polar surface area (TPSA) is 41.0 Å². The van der Waals surface area contributed by atoms with Crippen LogP contribution in [0.2, 0.25) is 0 Å². The molecule has 0 bridgehead atoms. The fourth-order valence-electron chi connectivity index (χ4n) is 2.66. The molecule has 1 fully saturated rings. The van der Waals surface area contributed by atoms with Gasteiger partial charge in [-0.15, -0.1) is 0 Å². The molecule has 112 valence electrons. The third kappa shape index (κ3) is 3.32. The number of halogens is 2. The summed E-state index contributed by atoms with van der Waals surface area (Å²) >= 11 is 3.43. The van der Waals surface area contributed by atoms with Crippen molar-refractivity contribution in [2.45, 2.75) is 25.6 Å². The molecule has 1 aromatic carbocycles. The number of piperidine rings is 1. The van der Waals surface area contributed by atoms with Crippen molar-refractivity contribution < 1.29 is 4.39 Å². The molecule has 6 heteroatoms. The zero-order valence-electron chi connectivity index (χ0n) is 11.9. The molecule has 2 atom stereocenters. The Labute approximate surface area is 131 Å². The molecule has 2 heterocycles. The Bertz CT molecular complexity index is 636. The maximum Gasteiger partial charge on any atom is 0.145 e. The number of fused-ring (bicyclic) bond motifs is 1. The van der Waals surface area contributed by atoms with Gasteiger partial charge in [0.15, 0.2) is 0 Å². The fraction of sp³-hybridized carbons (Fsp3) is 0.467. The second-order valence-electron chi connectivity index (χ2n) is 5.34. The zero-order valence-corrected chi connectivity index (χ0v) is 13.5. The van der Waals surface area contributed by atoms with Gasteiger partial charge in [0.1, 0.15) is 12.0 Å². The summed E-state index contributed by atoms with van der Waals surface area (Å²) in [5, 5.41) is 3.20. The van der Waals surface area contributed by atoms with E-state index < -0.39 is 6.17 Å². The summed E-state index contributed by atoms with van der Waals surface area (Å²) < 4.78 is 15.1. The van der Waals surface area contributed by atoms with Crippen molar-refractivity contribution in [1.29, 1.82) is 0 Å². The van der Waals surface area contributed by atoms with Crippen LogP contribution in [0.25, 0.3) is 11.0 Å². The second kappa shape index (κ2) is 6.23. The van der Waals surface area contributed by atoms with Crippen LogP contribution in [0.5, 0.6) is 0 Å². The highest BCUT2D eigenvalue weighted by atomic mass is 79.9. The van der Waals surface area contributed by atoms with Crippen LogP contribution in [-0.2, 0) is 0 Å². The van der Waals surface area contributed by atoms with Crippen molar-refractivity contribution in [3.63, 3.8) is 0 Å². The first kappa shape index (κ1) is 14.7. The lowest BCUT2D eigenvalue weighted by molar-refractivity contribution is 0.131. The maximum atomic E-state index is 14.2. The van der Waals surface area contributed by atoms with Crippen molar-refractivity contribution in [3.8, 4) is 0 Å². The molecule has 3 rings (SSSR count). The molecule has 0 saturated carbocycles. The van der Waals surface area contributed by atoms with Crippen LogP contribution in [0, 0.1) is 0 Å². The second-order valence-corrected chi connectivity index (χ2v) is 6.25. The van der Waals surface area contributed by atoms with Crippen LogP contribution in [0.3, 0.4) is 0 Å². The number of aromatic nitrogens is 2. The third-order valence-corrected chi connectivity index (χ3v) is 4.40. The van der Waals surface area contributed by atoms with Gasteiger partial charge in [-0.25, -0.2) is 9.37 Å². The summed E-state index contributed by atoms with van der Waals surface area (Å²) in [5.41, 5.74) is 1.64. The van der Waals surface area contributed by atoms with Gasteiger partial charge in [0.25, 0.3) is 0 Å². The number of hydrogen-bond acceptors (Lipinski definition) is 4. The SMILES string of the molecule is CCN1CC[C@@H](Nc2cnc3ccc(Br)cc3n2)[C@@H](F)C1. The normalized spacial score (nSPS) is 23.4. The van der Waals surface area contributed by atoms with Crippen LogP contribution in [0.4, 0.5) is 10.2 Å². The standard InChI is InChI=1S/C15H18BrFN4/c1-2-21-6-5-12(11(17)9-21)19-15-8-18-13-4-3-10(16)7-14(13)20-15/h3-4,7-8,11-12H,2,5-6,9H2,1H3,(H,19,20)/t11-,12+/m0/s1. The number of likely N-dealkylation sites (tertiary alicyclic amines) is 1. The number of hydrogen-bond donors (Lipinski definition) is 1. The van der Waals surface area contributed by atoms with E-state index in [1.807, 2.05) is 18.2 Å². The number of benzene rings is 1. The van der Waals surface area contributed by atoms with Gasteiger partial charge in [0.2, 0.25) is 0 Å². The lowest BCUT2D eigenvalue weighted by Gasteiger charge is -2.34. The minimum absolute atomic E-state index is 0.188. The summed E-state index contributed by atoms with van der Waals surface area (Å²) in [6.07, 6.45) is 1.58. The fourth-order valence-corrected chi connectivity index (χ4v) is 3.01. The number of anilines is 1. The predicted octanol–water partition coefficient (Wildman–Crippen LogP) is 3.24. The third-order valence-electron chi connectivity index (χ3n) is 3.91. The van der Waals surface area contributed by atoms with Crippen LogP contribution in [0.15, 0.2) is 28.9 Å². The van der Waals surface area contributed by atoms with Gasteiger partial charge in [0.05, 0.1) is 23.3 Å². The van der Waals surface area contributed by atoms with Crippen LogP contribution < -0.4 is 5.32 Å². The lowest BCUT2D eigenvalue weighted by Crippen LogP contribution is -2.47. The van der Waals surface area contributed by atoms with Crippen molar-refractivity contribution in [3.05, 3.63) is 28.9 Å². The molecule has 1 aromatic heterocycles. The Kier molecular flexibility index (Phi) is 4.35. The van der Waals surface area contributed by atoms with Gasteiger partial charge in [-0.05, 0) is 31.2 Å². The molecule has 4 nitrogen and oxygen atoms in total. The minimum atomic E-state index is -0.876. The molecule has 0 aliphatic carbocycles. The van der Waals surface area contributed by atoms with Gasteiger partial charge in [0, 0.05) is 17.6 Å². The van der Waals surface area contributed by atoms with E-state index in [1.54, 1.807) is 6.20 Å². The summed E-state index contributed by atoms with van der Waals surface area (Å²) in [7, 11) is 0. The zero-order chi connectivity index (χ0) is 14.8. The van der Waals surface area contributed by atoms with E-state index in [0.29, 0.717) is 12.4 Å². The maximum absolute atomic E-state index is 14.2. The van der Waals surface area contributed by atoms with Gasteiger partial charge in [-0.1, -0.05) is 22.9 Å². The van der Waals surface area contributed by atoms with Gasteiger partial charge < -0.3 is 10.2 Å². The molecule has 1 aliphatic heterocycles. The van der Waals surface area contributed by atoms with E-state index in [0.717, 1.165) is 35.0 Å². The summed E-state index contributed by atoms with van der Waals surface area (Å²) in [5.74, 6) is 0.637. The quantitative estimate of drug-likeness (QED) is 0.920. The van der Waals surface area contributed by atoms with E-state index in [4.69, 9.17) is 0 Å². The average Bonchev–Trinajstić information content (AvgIpc) is 2.49. The Balaban J connectivity index is 1.75. The Morgan fingerprint density at radius 1 is 1.43 bits per heavy atom. The van der Waals surface area contributed by atoms with Gasteiger partial charge in [-0.2, -0.15) is 0 Å². The molecule has 1 saturated heterocycles. The van der Waals surface area contributed by atoms with Gasteiger partial charge in [-0.3, -0.25) is 4.98 Å². The van der Waals surface area contributed by atoms with Crippen molar-refractivity contribution in [1.82, 2.24) is 14.9 Å². The number of nitrogens with zero attached hydrogens (tertiary/aromatic N) is 3. The molecule has 2 aromatic rings. The number of rotatable bonds is 3. The number of alkyl halides is 1. The molecule has 1 aliphatic rings. The first-order valence-electron chi connectivity index (χ1n) is 7.21. The highest BCUT2D eigenvalue weighted by Gasteiger charge is 2.28. The van der Waals surface area contributed by atoms with E-state index in [1.165, 1.54) is 0 Å². The molecule has 0 spiro atoms. The monoisotopic (exact) mass is 352 g/mol. The number of nitrogens with one attached hydrogen (secondary N) is 1. The molecule has 1 N–H and O–H groups in total. The van der Waals surface area contributed by atoms with E-state index in [2.05, 4.69) is 43.0 Å². The van der Waals surface area contributed by atoms with Crippen LogP contribution >= 0.6 is 15.9 Å². The smallest absolute Gasteiger partial charge is 0.145 e. The minimum Gasteiger partial charge on any atom is -0.363 e. The molecule has 0 unspecified atom stereocenters. The van der Waals surface area contributed by atoms with Crippen molar-refractivity contribution in [2.75, 3.05) is 25.0 Å². The highest BCUT2D eigenvalue weighted by Crippen LogP contribution is 2.21. The summed E-state index contributed by atoms with van der Waals surface area (Å²) in [6, 6.07) is 5.57. The summed E-state index contributed by atoms with van der Waals surface area (Å²) in [6.45, 7) is 4.37. The van der Waals surface area contributed by atoms with E-state index in [9.17, 15) is 4.39 Å². The Morgan fingerprint density at radius 2 is 2.29 bits per heavy atom. The van der Waals surface area contributed by atoms with E-state index in [-0.39, 0.29) is 6.04 Å². The van der Waals surface area contributed by atoms with E-state index >= 15 is 0 Å². The largest absolute Gasteiger partial charge is 0.363 e. The van der Waals surface area contributed by atoms with Crippen molar-refractivity contribution >= 4 is 32.8 Å². The molecular formula is C15H18BrFN4. The average molecular weight is 353 g/mol. The lowest BCUT2D eigenvalue weighted by atomic mass is 10.0. The Morgan fingerprint density at radius 3 is 3.05 bits per heavy atom. The van der Waals surface area contributed by atoms with Crippen molar-refractivity contribution in [2.24, 2.45) is 0 Å². The molecule has 21 heavy (non-hydrogen) atoms. The Hall–Kier alpha value is -1.27. The first-order valence-corrected chi connectivity index (χ1v) is 8.00. The first-order chi connectivity index (χ1) is 10.2. The molecule has 0 amide bonds. The molecular weight excluding hydrogens is 335 g/mol. The van der Waals surface area contributed by atoms with Gasteiger partial charge >= 0.3 is 0 Å². The predicted molar refractivity (Wildman–Crippen MR) is 86.3 cm³/mol. The highest BCUT2D eigenvalue weighted by molar-refractivity contribution is 9.10. The van der Waals surface area contributed by atoms with Crippen LogP contribution in [-0.4, -0.2) is 46.7 Å². The summed E-state index contributed by atoms with van der Waals surface area (Å²) in [4.78, 5) is 11.0. The van der Waals surface area contributed by atoms with Crippen LogP contribution in [0.1, 0.15) is 13.3 Å².